The number of amides is 2. The van der Waals surface area contributed by atoms with Gasteiger partial charge in [0.05, 0.1) is 31.9 Å². The van der Waals surface area contributed by atoms with Crippen molar-refractivity contribution in [1.29, 1.82) is 0 Å². The van der Waals surface area contributed by atoms with Gasteiger partial charge in [0.25, 0.3) is 0 Å². The molecule has 10 heteroatoms. The summed E-state index contributed by atoms with van der Waals surface area (Å²) in [6.45, 7) is 3.93. The van der Waals surface area contributed by atoms with Crippen molar-refractivity contribution in [3.63, 3.8) is 0 Å². The van der Waals surface area contributed by atoms with Crippen LogP contribution in [0.2, 0.25) is 0 Å². The number of hydrogen-bond donors (Lipinski definition) is 2. The van der Waals surface area contributed by atoms with E-state index in [0.29, 0.717) is 23.5 Å². The minimum absolute atomic E-state index is 0.0305. The molecule has 2 N–H and O–H groups in total. The van der Waals surface area contributed by atoms with Gasteiger partial charge in [-0.3, -0.25) is 9.59 Å². The predicted molar refractivity (Wildman–Crippen MR) is 121 cm³/mol. The van der Waals surface area contributed by atoms with Crippen molar-refractivity contribution in [3.05, 3.63) is 23.8 Å². The van der Waals surface area contributed by atoms with Crippen molar-refractivity contribution in [2.45, 2.75) is 45.3 Å². The van der Waals surface area contributed by atoms with E-state index in [-0.39, 0.29) is 43.2 Å². The molecule has 32 heavy (non-hydrogen) atoms. The second-order valence-corrected chi connectivity index (χ2v) is 11.1. The van der Waals surface area contributed by atoms with Crippen LogP contribution in [0.1, 0.15) is 32.3 Å². The number of aliphatic hydroxyl groups is 1. The quantitative estimate of drug-likeness (QED) is 0.620. The van der Waals surface area contributed by atoms with Crippen LogP contribution >= 0.6 is 0 Å². The van der Waals surface area contributed by atoms with Crippen molar-refractivity contribution in [1.82, 2.24) is 9.21 Å². The highest BCUT2D eigenvalue weighted by Gasteiger charge is 2.33. The van der Waals surface area contributed by atoms with E-state index in [9.17, 15) is 23.1 Å². The SMILES string of the molecule is C[C@@H]1CN([C@H](C)CO)C(=O)Cc2cc(NC(=O)C3CC3)ccc2O[C@H]1CN(C)S(C)(=O)=O. The number of carbonyl (C=O) groups excluding carboxylic acids is 2. The van der Waals surface area contributed by atoms with Gasteiger partial charge >= 0.3 is 0 Å². The lowest BCUT2D eigenvalue weighted by molar-refractivity contribution is -0.134. The van der Waals surface area contributed by atoms with Crippen LogP contribution in [0.4, 0.5) is 5.69 Å². The fourth-order valence-corrected chi connectivity index (χ4v) is 4.12. The van der Waals surface area contributed by atoms with Crippen LogP contribution in [0.15, 0.2) is 18.2 Å². The fourth-order valence-electron chi connectivity index (χ4n) is 3.70. The molecule has 1 heterocycles. The number of ether oxygens (including phenoxy) is 1. The Kier molecular flexibility index (Phi) is 7.46. The number of likely N-dealkylation sites (N-methyl/N-ethyl adjacent to an activating group) is 1. The molecule has 3 atom stereocenters. The fraction of sp³-hybridized carbons (Fsp3) is 0.636. The number of fused-ring (bicyclic) bond motifs is 1. The molecule has 1 aliphatic heterocycles. The van der Waals surface area contributed by atoms with Crippen molar-refractivity contribution in [2.24, 2.45) is 11.8 Å². The summed E-state index contributed by atoms with van der Waals surface area (Å²) < 4.78 is 31.5. The molecule has 0 radical (unpaired) electrons. The zero-order chi connectivity index (χ0) is 23.6. The molecule has 1 aliphatic carbocycles. The van der Waals surface area contributed by atoms with Crippen LogP contribution in [0, 0.1) is 11.8 Å². The summed E-state index contributed by atoms with van der Waals surface area (Å²) in [6.07, 6.45) is 2.45. The van der Waals surface area contributed by atoms with Crippen LogP contribution in [0.3, 0.4) is 0 Å². The van der Waals surface area contributed by atoms with Gasteiger partial charge in [0, 0.05) is 36.7 Å². The molecule has 0 aromatic heterocycles. The van der Waals surface area contributed by atoms with E-state index < -0.39 is 22.2 Å². The molecule has 0 unspecified atom stereocenters. The summed E-state index contributed by atoms with van der Waals surface area (Å²) in [6, 6.07) is 4.80. The van der Waals surface area contributed by atoms with Gasteiger partial charge in [-0.15, -0.1) is 0 Å². The Bertz CT molecular complexity index is 962. The van der Waals surface area contributed by atoms with E-state index in [0.717, 1.165) is 19.1 Å². The summed E-state index contributed by atoms with van der Waals surface area (Å²) >= 11 is 0. The zero-order valence-electron chi connectivity index (χ0n) is 19.1. The Morgan fingerprint density at radius 1 is 1.38 bits per heavy atom. The van der Waals surface area contributed by atoms with Crippen LogP contribution in [-0.4, -0.2) is 79.7 Å². The van der Waals surface area contributed by atoms with E-state index in [2.05, 4.69) is 5.32 Å². The second-order valence-electron chi connectivity index (χ2n) is 9.02. The molecule has 178 valence electrons. The third-order valence-electron chi connectivity index (χ3n) is 6.14. The third-order valence-corrected chi connectivity index (χ3v) is 7.42. The van der Waals surface area contributed by atoms with Crippen molar-refractivity contribution in [2.75, 3.05) is 38.3 Å². The lowest BCUT2D eigenvalue weighted by atomic mass is 10.0. The molecule has 1 saturated carbocycles. The molecule has 2 aliphatic rings. The zero-order valence-corrected chi connectivity index (χ0v) is 19.9. The Hall–Kier alpha value is -2.17. The standard InChI is InChI=1S/C22H33N3O6S/c1-14-11-25(15(2)13-26)21(27)10-17-9-18(23-22(28)16-5-6-16)7-8-19(17)31-20(14)12-24(3)32(4,29)30/h7-9,14-16,20,26H,5-6,10-13H2,1-4H3,(H,23,28)/t14-,15-,20+/m1/s1. The molecule has 0 saturated heterocycles. The number of benzene rings is 1. The predicted octanol–water partition coefficient (Wildman–Crippen LogP) is 1.08. The van der Waals surface area contributed by atoms with E-state index in [1.54, 1.807) is 30.0 Å². The Morgan fingerprint density at radius 3 is 2.66 bits per heavy atom. The first-order valence-corrected chi connectivity index (χ1v) is 12.8. The molecule has 1 aromatic rings. The number of hydrogen-bond acceptors (Lipinski definition) is 6. The minimum Gasteiger partial charge on any atom is -0.488 e. The molecule has 0 bridgehead atoms. The molecule has 1 fully saturated rings. The molecule has 0 spiro atoms. The molecular formula is C22H33N3O6S. The summed E-state index contributed by atoms with van der Waals surface area (Å²) in [5, 5.41) is 12.6. The average Bonchev–Trinajstić information content (AvgIpc) is 3.56. The summed E-state index contributed by atoms with van der Waals surface area (Å²) in [7, 11) is -1.92. The topological polar surface area (TPSA) is 116 Å². The number of nitrogens with one attached hydrogen (secondary N) is 1. The molecular weight excluding hydrogens is 434 g/mol. The molecule has 3 rings (SSSR count). The highest BCUT2D eigenvalue weighted by atomic mass is 32.2. The Balaban J connectivity index is 1.94. The average molecular weight is 468 g/mol. The summed E-state index contributed by atoms with van der Waals surface area (Å²) in [5.41, 5.74) is 1.20. The summed E-state index contributed by atoms with van der Waals surface area (Å²) in [5.74, 6) is 0.149. The van der Waals surface area contributed by atoms with E-state index in [4.69, 9.17) is 4.74 Å². The lowest BCUT2D eigenvalue weighted by Gasteiger charge is -2.33. The van der Waals surface area contributed by atoms with E-state index in [1.807, 2.05) is 6.92 Å². The lowest BCUT2D eigenvalue weighted by Crippen LogP contribution is -2.48. The van der Waals surface area contributed by atoms with Gasteiger partial charge in [-0.2, -0.15) is 0 Å². The maximum absolute atomic E-state index is 13.1. The maximum atomic E-state index is 13.1. The number of anilines is 1. The monoisotopic (exact) mass is 467 g/mol. The van der Waals surface area contributed by atoms with Crippen LogP contribution in [-0.2, 0) is 26.0 Å². The third kappa shape index (κ3) is 5.99. The van der Waals surface area contributed by atoms with Gasteiger partial charge in [-0.05, 0) is 38.0 Å². The molecule has 2 amide bonds. The number of sulfonamides is 1. The van der Waals surface area contributed by atoms with E-state index >= 15 is 0 Å². The van der Waals surface area contributed by atoms with Crippen LogP contribution < -0.4 is 10.1 Å². The number of rotatable bonds is 7. The number of carbonyl (C=O) groups is 2. The highest BCUT2D eigenvalue weighted by molar-refractivity contribution is 7.88. The normalized spacial score (nSPS) is 22.9. The van der Waals surface area contributed by atoms with Crippen molar-refractivity contribution >= 4 is 27.5 Å². The van der Waals surface area contributed by atoms with Gasteiger partial charge < -0.3 is 20.1 Å². The highest BCUT2D eigenvalue weighted by Crippen LogP contribution is 2.32. The first kappa shape index (κ1) is 24.5. The van der Waals surface area contributed by atoms with Crippen molar-refractivity contribution in [3.8, 4) is 5.75 Å². The van der Waals surface area contributed by atoms with Crippen LogP contribution in [0.25, 0.3) is 0 Å². The Morgan fingerprint density at radius 2 is 2.06 bits per heavy atom. The maximum Gasteiger partial charge on any atom is 0.227 e. The van der Waals surface area contributed by atoms with Crippen molar-refractivity contribution < 1.29 is 27.9 Å². The molecule has 1 aromatic carbocycles. The smallest absolute Gasteiger partial charge is 0.227 e. The van der Waals surface area contributed by atoms with Crippen LogP contribution in [0.5, 0.6) is 5.75 Å². The first-order chi connectivity index (χ1) is 15.0. The Labute approximate surface area is 189 Å². The minimum atomic E-state index is -3.42. The summed E-state index contributed by atoms with van der Waals surface area (Å²) in [4.78, 5) is 26.9. The van der Waals surface area contributed by atoms with Gasteiger partial charge in [0.1, 0.15) is 11.9 Å². The van der Waals surface area contributed by atoms with E-state index in [1.165, 1.54) is 11.4 Å². The molecule has 9 nitrogen and oxygen atoms in total. The number of aliphatic hydroxyl groups excluding tert-OH is 1. The van der Waals surface area contributed by atoms with Gasteiger partial charge in [0.15, 0.2) is 0 Å². The largest absolute Gasteiger partial charge is 0.488 e. The first-order valence-electron chi connectivity index (χ1n) is 10.9. The van der Waals surface area contributed by atoms with Gasteiger partial charge in [-0.25, -0.2) is 12.7 Å². The second kappa shape index (κ2) is 9.76. The van der Waals surface area contributed by atoms with Gasteiger partial charge in [0.2, 0.25) is 21.8 Å². The number of nitrogens with zero attached hydrogens (tertiary/aromatic N) is 2. The van der Waals surface area contributed by atoms with Gasteiger partial charge in [-0.1, -0.05) is 6.92 Å².